The molecular weight excluding hydrogens is 342 g/mol. The van der Waals surface area contributed by atoms with E-state index in [1.165, 1.54) is 18.8 Å². The van der Waals surface area contributed by atoms with E-state index in [9.17, 15) is 9.59 Å². The van der Waals surface area contributed by atoms with Crippen molar-refractivity contribution < 1.29 is 14.3 Å². The predicted octanol–water partition coefficient (Wildman–Crippen LogP) is 3.08. The minimum absolute atomic E-state index is 0.172. The molecule has 3 rings (SSSR count). The number of benzene rings is 1. The van der Waals surface area contributed by atoms with E-state index >= 15 is 0 Å². The molecular formula is C21H25N3O3. The van der Waals surface area contributed by atoms with Gasteiger partial charge in [-0.05, 0) is 25.0 Å². The molecule has 0 atom stereocenters. The normalized spacial score (nSPS) is 14.4. The summed E-state index contributed by atoms with van der Waals surface area (Å²) in [6.07, 6.45) is 8.51. The van der Waals surface area contributed by atoms with Crippen LogP contribution in [0.15, 0.2) is 42.7 Å². The first kappa shape index (κ1) is 18.9. The van der Waals surface area contributed by atoms with Gasteiger partial charge in [-0.3, -0.25) is 14.6 Å². The summed E-state index contributed by atoms with van der Waals surface area (Å²) in [5, 5.41) is 5.89. The molecule has 1 heterocycles. The van der Waals surface area contributed by atoms with Crippen LogP contribution in [0.1, 0.15) is 58.4 Å². The van der Waals surface area contributed by atoms with Crippen molar-refractivity contribution in [3.63, 3.8) is 0 Å². The van der Waals surface area contributed by atoms with Gasteiger partial charge < -0.3 is 15.4 Å². The average Bonchev–Trinajstić information content (AvgIpc) is 2.73. The summed E-state index contributed by atoms with van der Waals surface area (Å²) in [6.45, 7) is 0.335. The fourth-order valence-electron chi connectivity index (χ4n) is 3.33. The van der Waals surface area contributed by atoms with Crippen LogP contribution in [0.25, 0.3) is 0 Å². The largest absolute Gasteiger partial charge is 0.496 e. The predicted molar refractivity (Wildman–Crippen MR) is 103 cm³/mol. The molecule has 2 aromatic rings. The summed E-state index contributed by atoms with van der Waals surface area (Å²) in [5.41, 5.74) is 1.65. The molecule has 1 saturated carbocycles. The Morgan fingerprint density at radius 3 is 2.52 bits per heavy atom. The van der Waals surface area contributed by atoms with Crippen molar-refractivity contribution in [2.45, 2.75) is 44.7 Å². The molecule has 0 radical (unpaired) electrons. The summed E-state index contributed by atoms with van der Waals surface area (Å²) >= 11 is 0. The fourth-order valence-corrected chi connectivity index (χ4v) is 3.33. The standard InChI is InChI=1S/C21H25N3O3/c1-27-19-10-6-5-7-15(19)14-23-20(25)16-11-17(13-22-12-16)21(26)24-18-8-3-2-4-9-18/h5-7,10-13,18H,2-4,8-9,14H2,1H3,(H,23,25)(H,24,26). The number of ether oxygens (including phenoxy) is 1. The van der Waals surface area contributed by atoms with Crippen LogP contribution in [0.5, 0.6) is 5.75 Å². The van der Waals surface area contributed by atoms with E-state index < -0.39 is 0 Å². The lowest BCUT2D eigenvalue weighted by atomic mass is 9.95. The highest BCUT2D eigenvalue weighted by Gasteiger charge is 2.18. The number of carbonyl (C=O) groups is 2. The van der Waals surface area contributed by atoms with Crippen molar-refractivity contribution in [2.24, 2.45) is 0 Å². The third-order valence-electron chi connectivity index (χ3n) is 4.83. The van der Waals surface area contributed by atoms with Gasteiger partial charge in [0.05, 0.1) is 18.2 Å². The lowest BCUT2D eigenvalue weighted by Gasteiger charge is -2.22. The first-order valence-electron chi connectivity index (χ1n) is 9.33. The van der Waals surface area contributed by atoms with Gasteiger partial charge in [0.15, 0.2) is 0 Å². The van der Waals surface area contributed by atoms with Crippen LogP contribution in [-0.4, -0.2) is 29.9 Å². The Morgan fingerprint density at radius 1 is 1.07 bits per heavy atom. The number of amides is 2. The van der Waals surface area contributed by atoms with Crippen LogP contribution in [0.3, 0.4) is 0 Å². The van der Waals surface area contributed by atoms with Gasteiger partial charge in [-0.15, -0.1) is 0 Å². The molecule has 6 nitrogen and oxygen atoms in total. The number of methoxy groups -OCH3 is 1. The second-order valence-electron chi connectivity index (χ2n) is 6.77. The topological polar surface area (TPSA) is 80.3 Å². The van der Waals surface area contributed by atoms with Crippen LogP contribution in [0, 0.1) is 0 Å². The third kappa shape index (κ3) is 5.06. The summed E-state index contributed by atoms with van der Waals surface area (Å²) in [4.78, 5) is 29.0. The molecule has 2 amide bonds. The highest BCUT2D eigenvalue weighted by molar-refractivity contribution is 5.99. The maximum atomic E-state index is 12.5. The zero-order valence-corrected chi connectivity index (χ0v) is 15.5. The average molecular weight is 367 g/mol. The van der Waals surface area contributed by atoms with Gasteiger partial charge in [-0.1, -0.05) is 37.5 Å². The second kappa shape index (κ2) is 9.16. The Labute approximate surface area is 159 Å². The molecule has 6 heteroatoms. The summed E-state index contributed by atoms with van der Waals surface area (Å²) in [5.74, 6) is 0.269. The number of hydrogen-bond acceptors (Lipinski definition) is 4. The first-order chi connectivity index (χ1) is 13.2. The van der Waals surface area contributed by atoms with Crippen LogP contribution in [0.4, 0.5) is 0 Å². The molecule has 1 aliphatic carbocycles. The second-order valence-corrected chi connectivity index (χ2v) is 6.77. The van der Waals surface area contributed by atoms with E-state index in [1.807, 2.05) is 24.3 Å². The number of carbonyl (C=O) groups excluding carboxylic acids is 2. The molecule has 0 aliphatic heterocycles. The zero-order chi connectivity index (χ0) is 19.1. The minimum Gasteiger partial charge on any atom is -0.496 e. The maximum Gasteiger partial charge on any atom is 0.253 e. The Bertz CT molecular complexity index is 801. The Balaban J connectivity index is 1.62. The molecule has 0 unspecified atom stereocenters. The van der Waals surface area contributed by atoms with Crippen molar-refractivity contribution in [1.82, 2.24) is 15.6 Å². The van der Waals surface area contributed by atoms with E-state index in [0.717, 1.165) is 37.0 Å². The Kier molecular flexibility index (Phi) is 6.41. The smallest absolute Gasteiger partial charge is 0.253 e. The monoisotopic (exact) mass is 367 g/mol. The van der Waals surface area contributed by atoms with Gasteiger partial charge in [-0.25, -0.2) is 0 Å². The van der Waals surface area contributed by atoms with E-state index in [2.05, 4.69) is 15.6 Å². The van der Waals surface area contributed by atoms with Gasteiger partial charge in [-0.2, -0.15) is 0 Å². The van der Waals surface area contributed by atoms with Gasteiger partial charge in [0.1, 0.15) is 5.75 Å². The summed E-state index contributed by atoms with van der Waals surface area (Å²) in [6, 6.07) is 9.31. The number of aromatic nitrogens is 1. The van der Waals surface area contributed by atoms with Crippen molar-refractivity contribution >= 4 is 11.8 Å². The molecule has 1 fully saturated rings. The number of hydrogen-bond donors (Lipinski definition) is 2. The van der Waals surface area contributed by atoms with Gasteiger partial charge in [0.2, 0.25) is 0 Å². The van der Waals surface area contributed by atoms with E-state index in [0.29, 0.717) is 17.7 Å². The van der Waals surface area contributed by atoms with E-state index in [-0.39, 0.29) is 17.9 Å². The molecule has 0 bridgehead atoms. The molecule has 1 aromatic carbocycles. The minimum atomic E-state index is -0.277. The maximum absolute atomic E-state index is 12.5. The third-order valence-corrected chi connectivity index (χ3v) is 4.83. The SMILES string of the molecule is COc1ccccc1CNC(=O)c1cncc(C(=O)NC2CCCCC2)c1. The lowest BCUT2D eigenvalue weighted by Crippen LogP contribution is -2.36. The highest BCUT2D eigenvalue weighted by Crippen LogP contribution is 2.18. The van der Waals surface area contributed by atoms with Crippen molar-refractivity contribution in [1.29, 1.82) is 0 Å². The van der Waals surface area contributed by atoms with Crippen molar-refractivity contribution in [3.05, 3.63) is 59.4 Å². The number of rotatable bonds is 6. The Hall–Kier alpha value is -2.89. The molecule has 0 spiro atoms. The van der Waals surface area contributed by atoms with Crippen molar-refractivity contribution in [2.75, 3.05) is 7.11 Å². The molecule has 1 aliphatic rings. The number of para-hydroxylation sites is 1. The Morgan fingerprint density at radius 2 is 1.78 bits per heavy atom. The first-order valence-corrected chi connectivity index (χ1v) is 9.33. The fraction of sp³-hybridized carbons (Fsp3) is 0.381. The number of nitrogens with zero attached hydrogens (tertiary/aromatic N) is 1. The quantitative estimate of drug-likeness (QED) is 0.822. The van der Waals surface area contributed by atoms with Crippen LogP contribution in [-0.2, 0) is 6.54 Å². The van der Waals surface area contributed by atoms with Crippen LogP contribution >= 0.6 is 0 Å². The lowest BCUT2D eigenvalue weighted by molar-refractivity contribution is 0.0927. The van der Waals surface area contributed by atoms with Crippen molar-refractivity contribution in [3.8, 4) is 5.75 Å². The van der Waals surface area contributed by atoms with Crippen LogP contribution < -0.4 is 15.4 Å². The molecule has 0 saturated heterocycles. The van der Waals surface area contributed by atoms with E-state index in [4.69, 9.17) is 4.74 Å². The number of nitrogens with one attached hydrogen (secondary N) is 2. The molecule has 142 valence electrons. The van der Waals surface area contributed by atoms with E-state index in [1.54, 1.807) is 13.2 Å². The molecule has 27 heavy (non-hydrogen) atoms. The molecule has 2 N–H and O–H groups in total. The zero-order valence-electron chi connectivity index (χ0n) is 15.5. The highest BCUT2D eigenvalue weighted by atomic mass is 16.5. The van der Waals surface area contributed by atoms with Gasteiger partial charge >= 0.3 is 0 Å². The summed E-state index contributed by atoms with van der Waals surface area (Å²) < 4.78 is 5.29. The van der Waals surface area contributed by atoms with Gasteiger partial charge in [0.25, 0.3) is 11.8 Å². The van der Waals surface area contributed by atoms with Crippen LogP contribution in [0.2, 0.25) is 0 Å². The number of pyridine rings is 1. The van der Waals surface area contributed by atoms with Gasteiger partial charge in [0, 0.05) is 30.5 Å². The molecule has 1 aromatic heterocycles. The summed E-state index contributed by atoms with van der Waals surface area (Å²) in [7, 11) is 1.60.